The molecule has 0 unspecified atom stereocenters. The van der Waals surface area contributed by atoms with E-state index < -0.39 is 0 Å². The molecule has 0 amide bonds. The number of anilines is 1. The maximum atomic E-state index is 12.7. The average Bonchev–Trinajstić information content (AvgIpc) is 2.63. The van der Waals surface area contributed by atoms with Gasteiger partial charge in [-0.3, -0.25) is 13.9 Å². The van der Waals surface area contributed by atoms with Gasteiger partial charge < -0.3 is 5.32 Å². The van der Waals surface area contributed by atoms with E-state index in [-0.39, 0.29) is 11.2 Å². The Morgan fingerprint density at radius 2 is 1.76 bits per heavy atom. The van der Waals surface area contributed by atoms with E-state index in [4.69, 9.17) is 0 Å². The number of aromatic nitrogens is 3. The summed E-state index contributed by atoms with van der Waals surface area (Å²) in [5.41, 5.74) is 3.73. The third-order valence-electron chi connectivity index (χ3n) is 4.52. The van der Waals surface area contributed by atoms with Crippen LogP contribution < -0.4 is 16.6 Å². The van der Waals surface area contributed by atoms with E-state index in [1.54, 1.807) is 13.2 Å². The number of pyridine rings is 1. The van der Waals surface area contributed by atoms with Crippen LogP contribution in [0.4, 0.5) is 5.69 Å². The van der Waals surface area contributed by atoms with Crippen LogP contribution in [0.2, 0.25) is 0 Å². The molecule has 0 atom stereocenters. The fourth-order valence-corrected chi connectivity index (χ4v) is 2.93. The van der Waals surface area contributed by atoms with E-state index in [0.717, 1.165) is 27.8 Å². The summed E-state index contributed by atoms with van der Waals surface area (Å²) in [6.45, 7) is 4.66. The van der Waals surface area contributed by atoms with Crippen molar-refractivity contribution in [3.63, 3.8) is 0 Å². The van der Waals surface area contributed by atoms with Gasteiger partial charge in [0.1, 0.15) is 5.39 Å². The van der Waals surface area contributed by atoms with Gasteiger partial charge in [0.2, 0.25) is 0 Å². The van der Waals surface area contributed by atoms with E-state index in [2.05, 4.69) is 34.6 Å². The lowest BCUT2D eigenvalue weighted by molar-refractivity contribution is 0.707. The van der Waals surface area contributed by atoms with Gasteiger partial charge in [0.25, 0.3) is 5.56 Å². The highest BCUT2D eigenvalue weighted by atomic mass is 16.2. The third kappa shape index (κ3) is 2.95. The van der Waals surface area contributed by atoms with Crippen LogP contribution in [-0.4, -0.2) is 14.1 Å². The summed E-state index contributed by atoms with van der Waals surface area (Å²) >= 11 is 0. The summed E-state index contributed by atoms with van der Waals surface area (Å²) in [6, 6.07) is 8.24. The molecule has 0 saturated carbocycles. The second-order valence-electron chi connectivity index (χ2n) is 6.26. The minimum absolute atomic E-state index is 0.327. The molecule has 0 aliphatic heterocycles. The molecule has 0 fully saturated rings. The minimum atomic E-state index is -0.376. The fraction of sp³-hybridized carbons (Fsp3) is 0.316. The van der Waals surface area contributed by atoms with Crippen molar-refractivity contribution in [2.45, 2.75) is 26.8 Å². The van der Waals surface area contributed by atoms with Crippen LogP contribution in [0.1, 0.15) is 23.6 Å². The number of aryl methyl sites for hydroxylation is 3. The molecule has 1 aromatic carbocycles. The van der Waals surface area contributed by atoms with Gasteiger partial charge in [-0.15, -0.1) is 0 Å². The fourth-order valence-electron chi connectivity index (χ4n) is 2.93. The molecule has 0 spiro atoms. The summed E-state index contributed by atoms with van der Waals surface area (Å²) in [5.74, 6) is 0. The Labute approximate surface area is 145 Å². The Morgan fingerprint density at radius 3 is 2.40 bits per heavy atom. The Morgan fingerprint density at radius 1 is 1.08 bits per heavy atom. The molecule has 0 radical (unpaired) electrons. The lowest BCUT2D eigenvalue weighted by Gasteiger charge is -2.15. The van der Waals surface area contributed by atoms with Crippen LogP contribution in [0.5, 0.6) is 0 Å². The van der Waals surface area contributed by atoms with Gasteiger partial charge in [-0.1, -0.05) is 36.8 Å². The number of benzene rings is 1. The molecular formula is C19H22N4O2. The number of nitrogens with one attached hydrogen (secondary N) is 1. The molecule has 130 valence electrons. The van der Waals surface area contributed by atoms with Gasteiger partial charge in [0.05, 0.1) is 5.69 Å². The van der Waals surface area contributed by atoms with Gasteiger partial charge in [-0.05, 0) is 24.5 Å². The topological polar surface area (TPSA) is 68.9 Å². The first-order valence-corrected chi connectivity index (χ1v) is 8.31. The zero-order valence-electron chi connectivity index (χ0n) is 15.0. The highest BCUT2D eigenvalue weighted by Crippen LogP contribution is 2.23. The molecule has 3 aromatic rings. The molecule has 25 heavy (non-hydrogen) atoms. The van der Waals surface area contributed by atoms with Crippen LogP contribution >= 0.6 is 0 Å². The largest absolute Gasteiger partial charge is 0.380 e. The average molecular weight is 338 g/mol. The summed E-state index contributed by atoms with van der Waals surface area (Å²) < 4.78 is 2.54. The van der Waals surface area contributed by atoms with Crippen molar-refractivity contribution < 1.29 is 0 Å². The zero-order valence-corrected chi connectivity index (χ0v) is 15.0. The number of hydrogen-bond donors (Lipinski definition) is 1. The molecule has 2 heterocycles. The normalized spacial score (nSPS) is 11.0. The van der Waals surface area contributed by atoms with Gasteiger partial charge >= 0.3 is 5.69 Å². The number of nitrogens with zero attached hydrogens (tertiary/aromatic N) is 3. The number of fused-ring (bicyclic) bond motifs is 1. The summed E-state index contributed by atoms with van der Waals surface area (Å²) in [6.07, 6.45) is 2.48. The first-order chi connectivity index (χ1) is 11.9. The van der Waals surface area contributed by atoms with E-state index >= 15 is 0 Å². The standard InChI is InChI=1S/C19H22N4O2/c1-5-14-11-21-17-15(18(24)23(4)19(25)22(17)3)16(14)20-10-13-8-6-12(2)7-9-13/h6-9,11H,5,10H2,1-4H3,(H,20,21). The molecule has 0 aliphatic carbocycles. The lowest BCUT2D eigenvalue weighted by Crippen LogP contribution is -2.37. The van der Waals surface area contributed by atoms with E-state index in [1.165, 1.54) is 17.2 Å². The lowest BCUT2D eigenvalue weighted by atomic mass is 10.1. The summed E-state index contributed by atoms with van der Waals surface area (Å²) in [5, 5.41) is 3.84. The molecule has 2 aromatic heterocycles. The monoisotopic (exact) mass is 338 g/mol. The Hall–Kier alpha value is -2.89. The van der Waals surface area contributed by atoms with Crippen molar-refractivity contribution in [1.82, 2.24) is 14.1 Å². The van der Waals surface area contributed by atoms with Crippen molar-refractivity contribution >= 4 is 16.7 Å². The first kappa shape index (κ1) is 17.0. The molecule has 6 heteroatoms. The Kier molecular flexibility index (Phi) is 4.44. The highest BCUT2D eigenvalue weighted by Gasteiger charge is 2.16. The van der Waals surface area contributed by atoms with Crippen LogP contribution in [0, 0.1) is 6.92 Å². The second-order valence-corrected chi connectivity index (χ2v) is 6.26. The van der Waals surface area contributed by atoms with Crippen LogP contribution in [0.25, 0.3) is 11.0 Å². The zero-order chi connectivity index (χ0) is 18.1. The maximum Gasteiger partial charge on any atom is 0.332 e. The highest BCUT2D eigenvalue weighted by molar-refractivity contribution is 5.90. The first-order valence-electron chi connectivity index (χ1n) is 8.31. The molecule has 3 rings (SSSR count). The van der Waals surface area contributed by atoms with Crippen LogP contribution in [0.3, 0.4) is 0 Å². The van der Waals surface area contributed by atoms with E-state index in [0.29, 0.717) is 17.6 Å². The summed E-state index contributed by atoms with van der Waals surface area (Å²) in [4.78, 5) is 29.2. The molecular weight excluding hydrogens is 316 g/mol. The maximum absolute atomic E-state index is 12.7. The van der Waals surface area contributed by atoms with E-state index in [9.17, 15) is 9.59 Å². The van der Waals surface area contributed by atoms with Crippen LogP contribution in [-0.2, 0) is 27.1 Å². The quantitative estimate of drug-likeness (QED) is 0.791. The predicted molar refractivity (Wildman–Crippen MR) is 100 cm³/mol. The summed E-state index contributed by atoms with van der Waals surface area (Å²) in [7, 11) is 3.12. The molecule has 0 aliphatic rings. The molecule has 1 N–H and O–H groups in total. The number of hydrogen-bond acceptors (Lipinski definition) is 4. The third-order valence-corrected chi connectivity index (χ3v) is 4.52. The Bertz CT molecular complexity index is 1050. The van der Waals surface area contributed by atoms with Crippen LogP contribution in [0.15, 0.2) is 40.1 Å². The molecule has 0 saturated heterocycles. The van der Waals surface area contributed by atoms with Gasteiger partial charge in [-0.2, -0.15) is 0 Å². The van der Waals surface area contributed by atoms with Crippen molar-refractivity contribution in [3.05, 3.63) is 68.0 Å². The van der Waals surface area contributed by atoms with Crippen molar-refractivity contribution in [2.75, 3.05) is 5.32 Å². The van der Waals surface area contributed by atoms with Crippen molar-refractivity contribution in [1.29, 1.82) is 0 Å². The Balaban J connectivity index is 2.16. The minimum Gasteiger partial charge on any atom is -0.380 e. The van der Waals surface area contributed by atoms with Gasteiger partial charge in [-0.25, -0.2) is 9.78 Å². The smallest absolute Gasteiger partial charge is 0.332 e. The number of rotatable bonds is 4. The second kappa shape index (κ2) is 6.55. The SMILES string of the molecule is CCc1cnc2c(c1NCc1ccc(C)cc1)c(=O)n(C)c(=O)n2C. The van der Waals surface area contributed by atoms with Crippen molar-refractivity contribution in [2.24, 2.45) is 14.1 Å². The molecule has 0 bridgehead atoms. The van der Waals surface area contributed by atoms with Crippen molar-refractivity contribution in [3.8, 4) is 0 Å². The van der Waals surface area contributed by atoms with Gasteiger partial charge in [0, 0.05) is 26.8 Å². The predicted octanol–water partition coefficient (Wildman–Crippen LogP) is 2.12. The van der Waals surface area contributed by atoms with Gasteiger partial charge in [0.15, 0.2) is 5.65 Å². The van der Waals surface area contributed by atoms with E-state index in [1.807, 2.05) is 13.8 Å². The molecule has 6 nitrogen and oxygen atoms in total.